The maximum atomic E-state index is 12.3. The first-order chi connectivity index (χ1) is 6.05. The van der Waals surface area contributed by atoms with E-state index in [-0.39, 0.29) is 12.1 Å². The van der Waals surface area contributed by atoms with Gasteiger partial charge in [0.05, 0.1) is 5.56 Å². The summed E-state index contributed by atoms with van der Waals surface area (Å²) in [5.41, 5.74) is 1.70. The molecule has 0 aliphatic heterocycles. The van der Waals surface area contributed by atoms with Gasteiger partial charge in [0.1, 0.15) is 0 Å². The van der Waals surface area contributed by atoms with E-state index in [1.807, 2.05) is 0 Å². The van der Waals surface area contributed by atoms with Crippen molar-refractivity contribution < 1.29 is 13.2 Å². The van der Waals surface area contributed by atoms with Crippen molar-refractivity contribution in [2.75, 3.05) is 0 Å². The molecule has 5 heteroatoms. The standard InChI is InChI=1S/C8H9F3N2/c9-8(10,11)7-4-2-1-3-6(7)5-13-12/h1-4,13H,5,12H2. The third-order valence-corrected chi connectivity index (χ3v) is 1.62. The van der Waals surface area contributed by atoms with E-state index >= 15 is 0 Å². The molecule has 2 nitrogen and oxygen atoms in total. The fraction of sp³-hybridized carbons (Fsp3) is 0.250. The number of nitrogens with two attached hydrogens (primary N) is 1. The van der Waals surface area contributed by atoms with Crippen molar-refractivity contribution in [1.82, 2.24) is 5.43 Å². The molecule has 0 amide bonds. The van der Waals surface area contributed by atoms with Gasteiger partial charge in [0, 0.05) is 6.54 Å². The Balaban J connectivity index is 3.05. The van der Waals surface area contributed by atoms with Gasteiger partial charge in [-0.1, -0.05) is 18.2 Å². The van der Waals surface area contributed by atoms with Gasteiger partial charge in [0.15, 0.2) is 0 Å². The molecule has 0 bridgehead atoms. The summed E-state index contributed by atoms with van der Waals surface area (Å²) in [6, 6.07) is 5.32. The number of nitrogens with one attached hydrogen (secondary N) is 1. The Labute approximate surface area is 73.5 Å². The zero-order chi connectivity index (χ0) is 9.90. The third kappa shape index (κ3) is 2.43. The molecule has 1 rings (SSSR count). The molecule has 1 aromatic carbocycles. The van der Waals surface area contributed by atoms with Gasteiger partial charge in [-0.15, -0.1) is 0 Å². The normalized spacial score (nSPS) is 11.7. The van der Waals surface area contributed by atoms with Crippen LogP contribution in [0.5, 0.6) is 0 Å². The summed E-state index contributed by atoms with van der Waals surface area (Å²) in [5, 5.41) is 0. The number of halogens is 3. The van der Waals surface area contributed by atoms with Crippen LogP contribution < -0.4 is 11.3 Å². The van der Waals surface area contributed by atoms with Crippen LogP contribution in [0.2, 0.25) is 0 Å². The predicted molar refractivity (Wildman–Crippen MR) is 42.5 cm³/mol. The summed E-state index contributed by atoms with van der Waals surface area (Å²) in [7, 11) is 0. The van der Waals surface area contributed by atoms with Crippen molar-refractivity contribution >= 4 is 0 Å². The number of hydrazine groups is 1. The molecule has 0 unspecified atom stereocenters. The highest BCUT2D eigenvalue weighted by atomic mass is 19.4. The van der Waals surface area contributed by atoms with Gasteiger partial charge in [-0.3, -0.25) is 11.3 Å². The van der Waals surface area contributed by atoms with Crippen LogP contribution in [0.25, 0.3) is 0 Å². The summed E-state index contributed by atoms with van der Waals surface area (Å²) in [6.45, 7) is 0.00961. The van der Waals surface area contributed by atoms with Crippen molar-refractivity contribution in [2.24, 2.45) is 5.84 Å². The van der Waals surface area contributed by atoms with E-state index in [1.54, 1.807) is 6.07 Å². The second kappa shape index (κ2) is 3.76. The molecule has 0 aliphatic carbocycles. The van der Waals surface area contributed by atoms with Crippen LogP contribution in [0.1, 0.15) is 11.1 Å². The minimum Gasteiger partial charge on any atom is -0.271 e. The molecular weight excluding hydrogens is 181 g/mol. The van der Waals surface area contributed by atoms with Crippen LogP contribution in [0.4, 0.5) is 13.2 Å². The summed E-state index contributed by atoms with van der Waals surface area (Å²) in [6.07, 6.45) is -4.31. The van der Waals surface area contributed by atoms with E-state index in [9.17, 15) is 13.2 Å². The van der Waals surface area contributed by atoms with Crippen molar-refractivity contribution in [3.05, 3.63) is 35.4 Å². The molecule has 0 atom stereocenters. The van der Waals surface area contributed by atoms with Crippen LogP contribution in [0.15, 0.2) is 24.3 Å². The lowest BCUT2D eigenvalue weighted by molar-refractivity contribution is -0.138. The highest BCUT2D eigenvalue weighted by Crippen LogP contribution is 2.31. The van der Waals surface area contributed by atoms with Crippen molar-refractivity contribution in [2.45, 2.75) is 12.7 Å². The highest BCUT2D eigenvalue weighted by molar-refractivity contribution is 5.29. The number of hydrogen-bond acceptors (Lipinski definition) is 2. The molecule has 0 aromatic heterocycles. The molecule has 0 saturated heterocycles. The van der Waals surface area contributed by atoms with E-state index in [4.69, 9.17) is 5.84 Å². The zero-order valence-corrected chi connectivity index (χ0v) is 6.73. The average Bonchev–Trinajstić information content (AvgIpc) is 2.04. The Morgan fingerprint density at radius 1 is 1.23 bits per heavy atom. The van der Waals surface area contributed by atoms with Crippen LogP contribution in [-0.4, -0.2) is 0 Å². The second-order valence-electron chi connectivity index (χ2n) is 2.54. The predicted octanol–water partition coefficient (Wildman–Crippen LogP) is 1.67. The fourth-order valence-electron chi connectivity index (χ4n) is 1.06. The second-order valence-corrected chi connectivity index (χ2v) is 2.54. The molecule has 13 heavy (non-hydrogen) atoms. The SMILES string of the molecule is NNCc1ccccc1C(F)(F)F. The van der Waals surface area contributed by atoms with E-state index in [2.05, 4.69) is 5.43 Å². The molecule has 0 radical (unpaired) electrons. The number of alkyl halides is 3. The lowest BCUT2D eigenvalue weighted by atomic mass is 10.1. The summed E-state index contributed by atoms with van der Waals surface area (Å²) >= 11 is 0. The van der Waals surface area contributed by atoms with Crippen molar-refractivity contribution in [1.29, 1.82) is 0 Å². The first-order valence-corrected chi connectivity index (χ1v) is 3.64. The minimum absolute atomic E-state index is 0.00961. The summed E-state index contributed by atoms with van der Waals surface area (Å²) < 4.78 is 36.9. The maximum absolute atomic E-state index is 12.3. The van der Waals surface area contributed by atoms with E-state index in [1.165, 1.54) is 12.1 Å². The molecule has 0 aliphatic rings. The van der Waals surface area contributed by atoms with Gasteiger partial charge >= 0.3 is 6.18 Å². The Bertz CT molecular complexity index is 283. The zero-order valence-electron chi connectivity index (χ0n) is 6.73. The maximum Gasteiger partial charge on any atom is 0.416 e. The Kier molecular flexibility index (Phi) is 2.90. The molecule has 72 valence electrons. The van der Waals surface area contributed by atoms with Crippen LogP contribution >= 0.6 is 0 Å². The first-order valence-electron chi connectivity index (χ1n) is 3.64. The first kappa shape index (κ1) is 10.0. The van der Waals surface area contributed by atoms with Gasteiger partial charge in [-0.05, 0) is 11.6 Å². The van der Waals surface area contributed by atoms with E-state index < -0.39 is 11.7 Å². The van der Waals surface area contributed by atoms with Gasteiger partial charge in [0.25, 0.3) is 0 Å². The smallest absolute Gasteiger partial charge is 0.271 e. The molecular formula is C8H9F3N2. The fourth-order valence-corrected chi connectivity index (χ4v) is 1.06. The minimum atomic E-state index is -4.31. The summed E-state index contributed by atoms with van der Waals surface area (Å²) in [4.78, 5) is 0. The largest absolute Gasteiger partial charge is 0.416 e. The van der Waals surface area contributed by atoms with Crippen LogP contribution in [0, 0.1) is 0 Å². The molecule has 0 saturated carbocycles. The molecule has 3 N–H and O–H groups in total. The number of hydrogen-bond donors (Lipinski definition) is 2. The molecule has 0 fully saturated rings. The molecule has 0 heterocycles. The van der Waals surface area contributed by atoms with E-state index in [0.717, 1.165) is 6.07 Å². The van der Waals surface area contributed by atoms with Gasteiger partial charge in [-0.25, -0.2) is 0 Å². The lowest BCUT2D eigenvalue weighted by Gasteiger charge is -2.11. The van der Waals surface area contributed by atoms with Gasteiger partial charge in [0.2, 0.25) is 0 Å². The number of benzene rings is 1. The Morgan fingerprint density at radius 2 is 1.85 bits per heavy atom. The molecule has 1 aromatic rings. The average molecular weight is 190 g/mol. The lowest BCUT2D eigenvalue weighted by Crippen LogP contribution is -2.23. The monoisotopic (exact) mass is 190 g/mol. The van der Waals surface area contributed by atoms with Crippen molar-refractivity contribution in [3.8, 4) is 0 Å². The summed E-state index contributed by atoms with van der Waals surface area (Å²) in [5.74, 6) is 4.96. The van der Waals surface area contributed by atoms with E-state index in [0.29, 0.717) is 0 Å². The quantitative estimate of drug-likeness (QED) is 0.550. The Hall–Kier alpha value is -1.07. The Morgan fingerprint density at radius 3 is 2.38 bits per heavy atom. The van der Waals surface area contributed by atoms with Gasteiger partial charge in [-0.2, -0.15) is 13.2 Å². The number of rotatable bonds is 2. The molecule has 0 spiro atoms. The van der Waals surface area contributed by atoms with Crippen molar-refractivity contribution in [3.63, 3.8) is 0 Å². The van der Waals surface area contributed by atoms with Gasteiger partial charge < -0.3 is 0 Å². The van der Waals surface area contributed by atoms with Crippen LogP contribution in [-0.2, 0) is 12.7 Å². The topological polar surface area (TPSA) is 38.0 Å². The third-order valence-electron chi connectivity index (χ3n) is 1.62. The highest BCUT2D eigenvalue weighted by Gasteiger charge is 2.32. The van der Waals surface area contributed by atoms with Crippen LogP contribution in [0.3, 0.4) is 0 Å².